The highest BCUT2D eigenvalue weighted by Gasteiger charge is 2.50. The van der Waals surface area contributed by atoms with Crippen LogP contribution in [0.25, 0.3) is 11.2 Å². The van der Waals surface area contributed by atoms with Crippen LogP contribution in [0.3, 0.4) is 0 Å². The number of phosphoric acid groups is 3. The van der Waals surface area contributed by atoms with E-state index in [1.54, 1.807) is 0 Å². The van der Waals surface area contributed by atoms with Crippen LogP contribution in [-0.2, 0) is 50.7 Å². The molecular weight excluding hydrogens is 897 g/mol. The molecule has 0 spiro atoms. The average Bonchev–Trinajstić information content (AvgIpc) is 3.73. The predicted octanol–water partition coefficient (Wildman–Crippen LogP) is -2.03. The third kappa shape index (κ3) is 18.1. The van der Waals surface area contributed by atoms with Crippen molar-refractivity contribution in [3.8, 4) is 0 Å². The summed E-state index contributed by atoms with van der Waals surface area (Å²) in [5.74, 6) is -0.848. The molecule has 1 saturated heterocycles. The summed E-state index contributed by atoms with van der Waals surface area (Å²) in [6.07, 6.45) is -4.23. The van der Waals surface area contributed by atoms with Crippen LogP contribution in [0.15, 0.2) is 12.7 Å². The van der Waals surface area contributed by atoms with Crippen molar-refractivity contribution in [2.24, 2.45) is 11.1 Å². The summed E-state index contributed by atoms with van der Waals surface area (Å²) in [6.45, 7) is 3.50. The monoisotopic (exact) mass is 952 g/mol. The Balaban J connectivity index is 1.38. The van der Waals surface area contributed by atoms with Gasteiger partial charge in [0.05, 0.1) is 25.3 Å². The number of ether oxygens (including phenoxy) is 1. The lowest BCUT2D eigenvalue weighted by molar-refractivity contribution is -0.137. The second kappa shape index (κ2) is 24.4. The molecule has 0 saturated carbocycles. The zero-order valence-electron chi connectivity index (χ0n) is 33.3. The number of carbonyl (C=O) groups excluding carboxylic acids is 3. The zero-order valence-corrected chi connectivity index (χ0v) is 36.8. The summed E-state index contributed by atoms with van der Waals surface area (Å²) < 4.78 is 62.2. The number of thioether (sulfide) groups is 1. The molecule has 0 bridgehead atoms. The Morgan fingerprint density at radius 1 is 0.951 bits per heavy atom. The van der Waals surface area contributed by atoms with E-state index >= 15 is 0 Å². The molecule has 1 aliphatic heterocycles. The van der Waals surface area contributed by atoms with Crippen LogP contribution < -0.4 is 32.7 Å². The Morgan fingerprint density at radius 3 is 2.33 bits per heavy atom. The molecule has 0 aromatic carbocycles. The highest BCUT2D eigenvalue weighted by Crippen LogP contribution is 2.61. The van der Waals surface area contributed by atoms with Crippen LogP contribution in [0.1, 0.15) is 45.8 Å². The maximum absolute atomic E-state index is 12.7. The molecule has 348 valence electrons. The van der Waals surface area contributed by atoms with Crippen molar-refractivity contribution < 1.29 is 80.5 Å². The highest BCUT2D eigenvalue weighted by molar-refractivity contribution is 7.99. The second-order valence-electron chi connectivity index (χ2n) is 14.1. The Labute approximate surface area is 354 Å². The third-order valence-corrected chi connectivity index (χ3v) is 12.6. The van der Waals surface area contributed by atoms with Gasteiger partial charge in [-0.2, -0.15) is 16.1 Å². The van der Waals surface area contributed by atoms with Crippen molar-refractivity contribution in [3.63, 3.8) is 0 Å². The maximum Gasteiger partial charge on any atom is 0.481 e. The SMILES string of the molecule is CC(C)(COP(=O)(O)OP(=O)(O)OC[C@H]1O[C@@H](n2cnc3c(N)ncnc32)[C@H](O)[C@@H]1OP(=O)(O)O)[C@@H](O)C(=O)NCCC(=O)NCCSCC(=O)NCCCCNCCCN. The molecule has 1 fully saturated rings. The van der Waals surface area contributed by atoms with Gasteiger partial charge in [-0.3, -0.25) is 32.5 Å². The second-order valence-corrected chi connectivity index (χ2v) is 19.4. The minimum Gasteiger partial charge on any atom is -0.386 e. The highest BCUT2D eigenvalue weighted by atomic mass is 32.2. The van der Waals surface area contributed by atoms with E-state index in [9.17, 15) is 57.9 Å². The van der Waals surface area contributed by atoms with Crippen molar-refractivity contribution >= 4 is 69.9 Å². The average molecular weight is 953 g/mol. The number of nitrogens with two attached hydrogens (primary N) is 2. The van der Waals surface area contributed by atoms with Crippen molar-refractivity contribution in [1.82, 2.24) is 40.8 Å². The van der Waals surface area contributed by atoms with E-state index in [1.807, 2.05) is 0 Å². The number of fused-ring (bicyclic) bond motifs is 1. The van der Waals surface area contributed by atoms with Crippen LogP contribution in [0, 0.1) is 5.41 Å². The zero-order chi connectivity index (χ0) is 45.4. The van der Waals surface area contributed by atoms with Gasteiger partial charge in [-0.15, -0.1) is 0 Å². The first-order valence-electron chi connectivity index (χ1n) is 18.7. The standard InChI is InChI=1S/C30H55N10O17P3S/c1-30(2,25(44)28(45)36-11-6-20(41)35-12-13-61-15-21(42)34-10-4-3-8-33-9-5-7-31)16-54-60(51,52)57-59(49,50)53-14-19-24(56-58(46,47)48)23(43)29(55-19)40-18-39-22-26(32)37-17-38-27(22)40/h17-19,23-25,29,33,43-44H,3-16,31H2,1-2H3,(H,34,42)(H,35,41)(H,36,45)(H,49,50)(H,51,52)(H2,32,37,38)(H2,46,47,48)/t19-,23-,24-,25+,29-/m1/s1. The van der Waals surface area contributed by atoms with E-state index in [-0.39, 0.29) is 48.2 Å². The van der Waals surface area contributed by atoms with Crippen LogP contribution in [-0.4, -0.2) is 155 Å². The summed E-state index contributed by atoms with van der Waals surface area (Å²) in [7, 11) is -16.4. The first-order chi connectivity index (χ1) is 28.6. The molecule has 3 rings (SSSR count). The Kier molecular flexibility index (Phi) is 21.0. The number of hydrogen-bond acceptors (Lipinski definition) is 20. The molecular formula is C30H55N10O17P3S. The van der Waals surface area contributed by atoms with Gasteiger partial charge in [0.15, 0.2) is 17.7 Å². The maximum atomic E-state index is 12.7. The van der Waals surface area contributed by atoms with Crippen LogP contribution in [0.2, 0.25) is 0 Å². The number of hydrogen-bond donors (Lipinski definition) is 12. The minimum absolute atomic E-state index is 0.0297. The van der Waals surface area contributed by atoms with Gasteiger partial charge in [-0.1, -0.05) is 13.8 Å². The van der Waals surface area contributed by atoms with Crippen molar-refractivity contribution in [2.75, 3.05) is 69.7 Å². The van der Waals surface area contributed by atoms with E-state index in [0.29, 0.717) is 18.8 Å². The fourth-order valence-corrected chi connectivity index (χ4v) is 8.88. The number of anilines is 1. The first-order valence-corrected chi connectivity index (χ1v) is 24.4. The van der Waals surface area contributed by atoms with Crippen LogP contribution in [0.4, 0.5) is 5.82 Å². The number of aliphatic hydroxyl groups is 2. The lowest BCUT2D eigenvalue weighted by Crippen LogP contribution is -2.46. The summed E-state index contributed by atoms with van der Waals surface area (Å²) >= 11 is 1.34. The van der Waals surface area contributed by atoms with Crippen LogP contribution in [0.5, 0.6) is 0 Å². The van der Waals surface area contributed by atoms with E-state index in [0.717, 1.165) is 49.6 Å². The minimum atomic E-state index is -5.57. The molecule has 0 aliphatic carbocycles. The number of nitrogens with one attached hydrogen (secondary N) is 4. The van der Waals surface area contributed by atoms with E-state index < -0.39 is 84.6 Å². The van der Waals surface area contributed by atoms with Gasteiger partial charge in [0.2, 0.25) is 17.7 Å². The summed E-state index contributed by atoms with van der Waals surface area (Å²) in [5, 5.41) is 32.6. The molecule has 3 heterocycles. The molecule has 61 heavy (non-hydrogen) atoms. The fraction of sp³-hybridized carbons (Fsp3) is 0.733. The van der Waals surface area contributed by atoms with Gasteiger partial charge in [0, 0.05) is 37.2 Å². The molecule has 0 radical (unpaired) electrons. The number of aliphatic hydroxyl groups excluding tert-OH is 2. The van der Waals surface area contributed by atoms with Gasteiger partial charge in [-0.25, -0.2) is 28.6 Å². The molecule has 2 aromatic rings. The third-order valence-electron chi connectivity index (χ3n) is 8.54. The fourth-order valence-electron chi connectivity index (χ4n) is 5.37. The number of nitrogens with zero attached hydrogens (tertiary/aromatic N) is 4. The van der Waals surface area contributed by atoms with E-state index in [2.05, 4.69) is 45.1 Å². The predicted molar refractivity (Wildman–Crippen MR) is 216 cm³/mol. The summed E-state index contributed by atoms with van der Waals surface area (Å²) in [6, 6.07) is 0. The number of aromatic nitrogens is 4. The number of amides is 3. The van der Waals surface area contributed by atoms with Gasteiger partial charge >= 0.3 is 23.5 Å². The number of rotatable bonds is 29. The number of unbranched alkanes of at least 4 members (excludes halogenated alkanes) is 1. The lowest BCUT2D eigenvalue weighted by atomic mass is 9.87. The van der Waals surface area contributed by atoms with Crippen LogP contribution >= 0.6 is 35.2 Å². The van der Waals surface area contributed by atoms with Gasteiger partial charge in [0.25, 0.3) is 0 Å². The summed E-state index contributed by atoms with van der Waals surface area (Å²) in [4.78, 5) is 87.8. The molecule has 2 aromatic heterocycles. The molecule has 1 aliphatic rings. The molecule has 27 nitrogen and oxygen atoms in total. The lowest BCUT2D eigenvalue weighted by Gasteiger charge is -2.30. The molecule has 2 unspecified atom stereocenters. The number of phosphoric ester groups is 3. The molecule has 31 heteroatoms. The number of nitrogen functional groups attached to an aromatic ring is 1. The molecule has 7 atom stereocenters. The smallest absolute Gasteiger partial charge is 0.386 e. The van der Waals surface area contributed by atoms with E-state index in [4.69, 9.17) is 25.3 Å². The normalized spacial score (nSPS) is 20.8. The van der Waals surface area contributed by atoms with E-state index in [1.165, 1.54) is 25.6 Å². The topological polar surface area (TPSA) is 414 Å². The van der Waals surface area contributed by atoms with Crippen molar-refractivity contribution in [3.05, 3.63) is 12.7 Å². The van der Waals surface area contributed by atoms with Crippen molar-refractivity contribution in [2.45, 2.75) is 70.2 Å². The van der Waals surface area contributed by atoms with Gasteiger partial charge < -0.3 is 67.3 Å². The number of carbonyl (C=O) groups is 3. The molecule has 14 N–H and O–H groups in total. The summed E-state index contributed by atoms with van der Waals surface area (Å²) in [5.41, 5.74) is 9.70. The van der Waals surface area contributed by atoms with Gasteiger partial charge in [-0.05, 0) is 38.9 Å². The number of imidazole rings is 1. The molecule has 3 amide bonds. The Morgan fingerprint density at radius 2 is 1.62 bits per heavy atom. The van der Waals surface area contributed by atoms with Gasteiger partial charge in [0.1, 0.15) is 36.3 Å². The first kappa shape index (κ1) is 52.6. The quantitative estimate of drug-likeness (QED) is 0.0309. The Bertz CT molecular complexity index is 1890. The largest absolute Gasteiger partial charge is 0.481 e. The Hall–Kier alpha value is -2.72. The van der Waals surface area contributed by atoms with Crippen molar-refractivity contribution in [1.29, 1.82) is 0 Å².